The number of hydrazine groups is 1. The number of hydrogen-bond acceptors (Lipinski definition) is 4. The molecule has 0 aliphatic heterocycles. The molecule has 1 heterocycles. The zero-order valence-electron chi connectivity index (χ0n) is 11.9. The number of hydrogen-bond donors (Lipinski definition) is 2. The Kier molecular flexibility index (Phi) is 6.89. The number of anilines is 1. The lowest BCUT2D eigenvalue weighted by Crippen LogP contribution is -2.33. The molecule has 0 fully saturated rings. The predicted molar refractivity (Wildman–Crippen MR) is 77.8 cm³/mol. The third kappa shape index (κ3) is 4.87. The van der Waals surface area contributed by atoms with Gasteiger partial charge in [0, 0.05) is 13.1 Å². The van der Waals surface area contributed by atoms with Gasteiger partial charge in [-0.05, 0) is 25.0 Å². The Labute approximate surface area is 115 Å². The van der Waals surface area contributed by atoms with Crippen LogP contribution in [0.4, 0.5) is 5.82 Å². The Balaban J connectivity index is 2.77. The van der Waals surface area contributed by atoms with Crippen molar-refractivity contribution in [3.05, 3.63) is 23.9 Å². The minimum absolute atomic E-state index is 0.0148. The van der Waals surface area contributed by atoms with Crippen LogP contribution in [0.1, 0.15) is 50.0 Å². The van der Waals surface area contributed by atoms with Gasteiger partial charge in [-0.3, -0.25) is 4.79 Å². The topological polar surface area (TPSA) is 71.2 Å². The van der Waals surface area contributed by atoms with Crippen LogP contribution in [0.3, 0.4) is 0 Å². The zero-order valence-corrected chi connectivity index (χ0v) is 11.9. The van der Waals surface area contributed by atoms with Gasteiger partial charge in [-0.25, -0.2) is 10.8 Å². The molecule has 0 aromatic carbocycles. The summed E-state index contributed by atoms with van der Waals surface area (Å²) in [4.78, 5) is 18.5. The molecule has 0 aliphatic carbocycles. The summed E-state index contributed by atoms with van der Waals surface area (Å²) in [5.41, 5.74) is 2.91. The summed E-state index contributed by atoms with van der Waals surface area (Å²) in [7, 11) is 0. The predicted octanol–water partition coefficient (Wildman–Crippen LogP) is 2.41. The van der Waals surface area contributed by atoms with Crippen molar-refractivity contribution in [2.75, 3.05) is 18.5 Å². The Hall–Kier alpha value is -1.62. The van der Waals surface area contributed by atoms with Crippen LogP contribution in [-0.2, 0) is 0 Å². The first-order valence-corrected chi connectivity index (χ1v) is 6.95. The van der Waals surface area contributed by atoms with E-state index in [4.69, 9.17) is 5.84 Å². The zero-order chi connectivity index (χ0) is 14.1. The van der Waals surface area contributed by atoms with Crippen LogP contribution >= 0.6 is 0 Å². The van der Waals surface area contributed by atoms with Gasteiger partial charge >= 0.3 is 0 Å². The van der Waals surface area contributed by atoms with E-state index in [0.29, 0.717) is 11.5 Å². The minimum atomic E-state index is -0.0148. The third-order valence-corrected chi connectivity index (χ3v) is 2.97. The molecule has 1 aromatic heterocycles. The van der Waals surface area contributed by atoms with E-state index in [1.807, 2.05) is 4.90 Å². The first-order chi connectivity index (χ1) is 9.22. The number of nitrogens with two attached hydrogens (primary N) is 1. The number of nitrogens with one attached hydrogen (secondary N) is 1. The van der Waals surface area contributed by atoms with Crippen LogP contribution in [0.25, 0.3) is 0 Å². The van der Waals surface area contributed by atoms with Crippen molar-refractivity contribution in [1.82, 2.24) is 9.88 Å². The van der Waals surface area contributed by atoms with Gasteiger partial charge in [0.15, 0.2) is 0 Å². The summed E-state index contributed by atoms with van der Waals surface area (Å²) in [5.74, 6) is 5.81. The highest BCUT2D eigenvalue weighted by Gasteiger charge is 2.16. The van der Waals surface area contributed by atoms with Crippen molar-refractivity contribution in [2.24, 2.45) is 5.84 Å². The lowest BCUT2D eigenvalue weighted by Gasteiger charge is -2.22. The van der Waals surface area contributed by atoms with Crippen LogP contribution in [0, 0.1) is 0 Å². The standard InChI is InChI=1S/C14H24N4O/c1-3-5-10-18(11-6-4-2)14(19)12-8-7-9-13(16-12)17-15/h7-9H,3-6,10-11,15H2,1-2H3,(H,16,17). The number of carbonyl (C=O) groups is 1. The lowest BCUT2D eigenvalue weighted by molar-refractivity contribution is 0.0745. The highest BCUT2D eigenvalue weighted by atomic mass is 16.2. The van der Waals surface area contributed by atoms with Crippen LogP contribution in [-0.4, -0.2) is 28.9 Å². The fraction of sp³-hybridized carbons (Fsp3) is 0.571. The Morgan fingerprint density at radius 3 is 2.42 bits per heavy atom. The van der Waals surface area contributed by atoms with Gasteiger partial charge in [-0.1, -0.05) is 32.8 Å². The highest BCUT2D eigenvalue weighted by molar-refractivity contribution is 5.92. The van der Waals surface area contributed by atoms with Gasteiger partial charge in [0.05, 0.1) is 0 Å². The number of nitrogens with zero attached hydrogens (tertiary/aromatic N) is 2. The molecule has 0 spiro atoms. The summed E-state index contributed by atoms with van der Waals surface area (Å²) in [5, 5.41) is 0. The molecule has 3 N–H and O–H groups in total. The molecule has 1 amide bonds. The number of unbranched alkanes of at least 4 members (excludes halogenated alkanes) is 2. The van der Waals surface area contributed by atoms with Crippen LogP contribution in [0.5, 0.6) is 0 Å². The number of rotatable bonds is 8. The molecule has 106 valence electrons. The van der Waals surface area contributed by atoms with Crippen molar-refractivity contribution in [2.45, 2.75) is 39.5 Å². The average molecular weight is 264 g/mol. The molecule has 0 radical (unpaired) electrons. The van der Waals surface area contributed by atoms with Crippen molar-refractivity contribution >= 4 is 11.7 Å². The molecule has 0 aliphatic rings. The molecule has 5 heteroatoms. The lowest BCUT2D eigenvalue weighted by atomic mass is 10.2. The molecule has 0 unspecified atom stereocenters. The van der Waals surface area contributed by atoms with E-state index in [-0.39, 0.29) is 5.91 Å². The second-order valence-electron chi connectivity index (χ2n) is 4.55. The van der Waals surface area contributed by atoms with Gasteiger partial charge in [0.2, 0.25) is 0 Å². The Morgan fingerprint density at radius 2 is 1.89 bits per heavy atom. The van der Waals surface area contributed by atoms with Gasteiger partial charge in [-0.15, -0.1) is 0 Å². The van der Waals surface area contributed by atoms with Crippen LogP contribution in [0.2, 0.25) is 0 Å². The third-order valence-electron chi connectivity index (χ3n) is 2.97. The number of amides is 1. The average Bonchev–Trinajstić information content (AvgIpc) is 2.47. The van der Waals surface area contributed by atoms with E-state index in [2.05, 4.69) is 24.3 Å². The highest BCUT2D eigenvalue weighted by Crippen LogP contribution is 2.09. The Morgan fingerprint density at radius 1 is 1.26 bits per heavy atom. The van der Waals surface area contributed by atoms with Gasteiger partial charge < -0.3 is 10.3 Å². The molecule has 0 bridgehead atoms. The molecule has 0 saturated heterocycles. The summed E-state index contributed by atoms with van der Waals surface area (Å²) in [6.07, 6.45) is 4.19. The molecule has 19 heavy (non-hydrogen) atoms. The second kappa shape index (κ2) is 8.48. The van der Waals surface area contributed by atoms with E-state index in [1.54, 1.807) is 18.2 Å². The van der Waals surface area contributed by atoms with Crippen molar-refractivity contribution in [1.29, 1.82) is 0 Å². The van der Waals surface area contributed by atoms with E-state index in [9.17, 15) is 4.79 Å². The monoisotopic (exact) mass is 264 g/mol. The minimum Gasteiger partial charge on any atom is -0.337 e. The van der Waals surface area contributed by atoms with Crippen molar-refractivity contribution in [3.8, 4) is 0 Å². The maximum absolute atomic E-state index is 12.4. The van der Waals surface area contributed by atoms with Crippen LogP contribution in [0.15, 0.2) is 18.2 Å². The SMILES string of the molecule is CCCCN(CCCC)C(=O)c1cccc(NN)n1. The number of pyridine rings is 1. The van der Waals surface area contributed by atoms with Crippen molar-refractivity contribution < 1.29 is 4.79 Å². The van der Waals surface area contributed by atoms with Crippen molar-refractivity contribution in [3.63, 3.8) is 0 Å². The van der Waals surface area contributed by atoms with E-state index >= 15 is 0 Å². The first kappa shape index (κ1) is 15.4. The first-order valence-electron chi connectivity index (χ1n) is 6.95. The molecule has 5 nitrogen and oxygen atoms in total. The van der Waals surface area contributed by atoms with E-state index < -0.39 is 0 Å². The number of carbonyl (C=O) groups excluding carboxylic acids is 1. The number of nitrogen functional groups attached to an aromatic ring is 1. The van der Waals surface area contributed by atoms with Gasteiger partial charge in [0.25, 0.3) is 5.91 Å². The molecule has 1 aromatic rings. The van der Waals surface area contributed by atoms with E-state index in [1.165, 1.54) is 0 Å². The largest absolute Gasteiger partial charge is 0.337 e. The maximum Gasteiger partial charge on any atom is 0.272 e. The normalized spacial score (nSPS) is 10.3. The smallest absolute Gasteiger partial charge is 0.272 e. The second-order valence-corrected chi connectivity index (χ2v) is 4.55. The number of aromatic nitrogens is 1. The Bertz CT molecular complexity index is 387. The molecule has 0 atom stereocenters. The summed E-state index contributed by atoms with van der Waals surface area (Å²) < 4.78 is 0. The molecule has 0 saturated carbocycles. The van der Waals surface area contributed by atoms with Crippen LogP contribution < -0.4 is 11.3 Å². The summed E-state index contributed by atoms with van der Waals surface area (Å²) in [6, 6.07) is 5.25. The maximum atomic E-state index is 12.4. The van der Waals surface area contributed by atoms with Gasteiger partial charge in [-0.2, -0.15) is 0 Å². The van der Waals surface area contributed by atoms with E-state index in [0.717, 1.165) is 38.8 Å². The molecular weight excluding hydrogens is 240 g/mol. The fourth-order valence-electron chi connectivity index (χ4n) is 1.81. The molecule has 1 rings (SSSR count). The molecular formula is C14H24N4O. The quantitative estimate of drug-likeness (QED) is 0.558. The summed E-state index contributed by atoms with van der Waals surface area (Å²) >= 11 is 0. The fourth-order valence-corrected chi connectivity index (χ4v) is 1.81. The van der Waals surface area contributed by atoms with Gasteiger partial charge in [0.1, 0.15) is 11.5 Å². The summed E-state index contributed by atoms with van der Waals surface area (Å²) in [6.45, 7) is 5.83.